The summed E-state index contributed by atoms with van der Waals surface area (Å²) in [5.41, 5.74) is 0. The van der Waals surface area contributed by atoms with Gasteiger partial charge in [0.1, 0.15) is 11.9 Å². The van der Waals surface area contributed by atoms with Crippen LogP contribution in [0.4, 0.5) is 0 Å². The molecule has 0 aromatic carbocycles. The van der Waals surface area contributed by atoms with Gasteiger partial charge >= 0.3 is 5.97 Å². The van der Waals surface area contributed by atoms with Crippen molar-refractivity contribution in [2.45, 2.75) is 116 Å². The number of rotatable bonds is 24. The van der Waals surface area contributed by atoms with E-state index in [-0.39, 0.29) is 25.6 Å². The van der Waals surface area contributed by atoms with Crippen molar-refractivity contribution in [3.8, 4) is 0 Å². The molecule has 0 aliphatic heterocycles. The van der Waals surface area contributed by atoms with Crippen LogP contribution in [0.1, 0.15) is 110 Å². The second-order valence-electron chi connectivity index (χ2n) is 9.29. The molecule has 5 heteroatoms. The van der Waals surface area contributed by atoms with Gasteiger partial charge in [0, 0.05) is 12.8 Å². The smallest absolute Gasteiger partial charge is 0.306 e. The van der Waals surface area contributed by atoms with E-state index in [0.717, 1.165) is 38.5 Å². The van der Waals surface area contributed by atoms with Gasteiger partial charge in [-0.2, -0.15) is 0 Å². The molecule has 0 heterocycles. The van der Waals surface area contributed by atoms with E-state index in [2.05, 4.69) is 56.4 Å². The van der Waals surface area contributed by atoms with Gasteiger partial charge in [-0.25, -0.2) is 0 Å². The SMILES string of the molecule is CCCCC/C=C\C(/C=C\C/C=C\C/C=C\CCCC(=O)OC(CO)CO)C(=O)CCCCCCC. The maximum absolute atomic E-state index is 12.7. The van der Waals surface area contributed by atoms with Crippen LogP contribution in [0.2, 0.25) is 0 Å². The van der Waals surface area contributed by atoms with Crippen LogP contribution < -0.4 is 0 Å². The van der Waals surface area contributed by atoms with Gasteiger partial charge in [0.2, 0.25) is 0 Å². The van der Waals surface area contributed by atoms with Gasteiger partial charge in [0.05, 0.1) is 19.1 Å². The second kappa shape index (κ2) is 26.1. The third-order valence-electron chi connectivity index (χ3n) is 5.89. The zero-order chi connectivity index (χ0) is 26.7. The molecule has 0 aromatic heterocycles. The summed E-state index contributed by atoms with van der Waals surface area (Å²) < 4.78 is 4.93. The lowest BCUT2D eigenvalue weighted by Gasteiger charge is -2.11. The number of allylic oxidation sites excluding steroid dienone is 8. The zero-order valence-corrected chi connectivity index (χ0v) is 22.9. The summed E-state index contributed by atoms with van der Waals surface area (Å²) in [4.78, 5) is 24.3. The number of carbonyl (C=O) groups is 2. The first kappa shape index (κ1) is 34.0. The van der Waals surface area contributed by atoms with E-state index in [1.165, 1.54) is 38.5 Å². The molecule has 5 nitrogen and oxygen atoms in total. The Morgan fingerprint density at radius 1 is 0.667 bits per heavy atom. The van der Waals surface area contributed by atoms with Crippen molar-refractivity contribution < 1.29 is 24.5 Å². The first-order chi connectivity index (χ1) is 17.6. The number of aliphatic hydroxyl groups is 2. The summed E-state index contributed by atoms with van der Waals surface area (Å²) in [6.07, 6.45) is 30.4. The normalized spacial score (nSPS) is 13.1. The first-order valence-corrected chi connectivity index (χ1v) is 14.2. The Morgan fingerprint density at radius 3 is 1.94 bits per heavy atom. The van der Waals surface area contributed by atoms with E-state index >= 15 is 0 Å². The number of hydrogen-bond donors (Lipinski definition) is 2. The van der Waals surface area contributed by atoms with E-state index in [1.807, 2.05) is 6.08 Å². The molecule has 0 fully saturated rings. The van der Waals surface area contributed by atoms with Crippen LogP contribution in [0.3, 0.4) is 0 Å². The molecule has 1 unspecified atom stereocenters. The van der Waals surface area contributed by atoms with E-state index in [1.54, 1.807) is 0 Å². The number of aliphatic hydroxyl groups excluding tert-OH is 2. The van der Waals surface area contributed by atoms with Crippen LogP contribution in [0.5, 0.6) is 0 Å². The first-order valence-electron chi connectivity index (χ1n) is 14.2. The number of unbranched alkanes of at least 4 members (excludes halogenated alkanes) is 8. The average Bonchev–Trinajstić information content (AvgIpc) is 2.88. The van der Waals surface area contributed by atoms with E-state index in [4.69, 9.17) is 14.9 Å². The van der Waals surface area contributed by atoms with Gasteiger partial charge in [-0.1, -0.05) is 101 Å². The molecule has 0 amide bonds. The minimum absolute atomic E-state index is 0.108. The Labute approximate surface area is 220 Å². The molecule has 2 N–H and O–H groups in total. The molecule has 1 atom stereocenters. The van der Waals surface area contributed by atoms with Crippen LogP contribution in [-0.4, -0.2) is 41.3 Å². The molecule has 0 bridgehead atoms. The third kappa shape index (κ3) is 21.3. The van der Waals surface area contributed by atoms with Crippen LogP contribution >= 0.6 is 0 Å². The number of Topliss-reactive ketones (excluding diaryl/α,β-unsaturated/α-hetero) is 1. The minimum Gasteiger partial charge on any atom is -0.457 e. The van der Waals surface area contributed by atoms with Crippen molar-refractivity contribution >= 4 is 11.8 Å². The van der Waals surface area contributed by atoms with Crippen molar-refractivity contribution in [2.75, 3.05) is 13.2 Å². The highest BCUT2D eigenvalue weighted by Crippen LogP contribution is 2.13. The maximum atomic E-state index is 12.7. The minimum atomic E-state index is -0.821. The molecule has 0 spiro atoms. The van der Waals surface area contributed by atoms with Crippen LogP contribution in [0.25, 0.3) is 0 Å². The fourth-order valence-corrected chi connectivity index (χ4v) is 3.63. The van der Waals surface area contributed by atoms with Gasteiger partial charge < -0.3 is 14.9 Å². The molecular formula is C31H52O5. The predicted molar refractivity (Wildman–Crippen MR) is 150 cm³/mol. The monoisotopic (exact) mass is 504 g/mol. The molecule has 0 radical (unpaired) electrons. The van der Waals surface area contributed by atoms with Crippen LogP contribution in [0.15, 0.2) is 48.6 Å². The average molecular weight is 505 g/mol. The lowest BCUT2D eigenvalue weighted by molar-refractivity contribution is -0.153. The predicted octanol–water partition coefficient (Wildman–Crippen LogP) is 7.18. The molecule has 0 aromatic rings. The van der Waals surface area contributed by atoms with E-state index in [9.17, 15) is 9.59 Å². The number of ether oxygens (including phenoxy) is 1. The zero-order valence-electron chi connectivity index (χ0n) is 22.9. The van der Waals surface area contributed by atoms with Gasteiger partial charge in [0.25, 0.3) is 0 Å². The Kier molecular flexibility index (Phi) is 24.7. The summed E-state index contributed by atoms with van der Waals surface area (Å²) in [5.74, 6) is -0.177. The largest absolute Gasteiger partial charge is 0.457 e. The Hall–Kier alpha value is -1.98. The summed E-state index contributed by atoms with van der Waals surface area (Å²) >= 11 is 0. The van der Waals surface area contributed by atoms with Crippen molar-refractivity contribution in [3.05, 3.63) is 48.6 Å². The Bertz CT molecular complexity index is 643. The van der Waals surface area contributed by atoms with Crippen LogP contribution in [-0.2, 0) is 14.3 Å². The summed E-state index contributed by atoms with van der Waals surface area (Å²) in [6.45, 7) is 3.68. The Balaban J connectivity index is 4.30. The number of ketones is 1. The lowest BCUT2D eigenvalue weighted by atomic mass is 9.96. The molecule has 0 aliphatic carbocycles. The number of esters is 1. The quantitative estimate of drug-likeness (QED) is 0.0826. The van der Waals surface area contributed by atoms with Gasteiger partial charge in [-0.3, -0.25) is 9.59 Å². The molecule has 0 saturated carbocycles. The fourth-order valence-electron chi connectivity index (χ4n) is 3.63. The summed E-state index contributed by atoms with van der Waals surface area (Å²) in [7, 11) is 0. The summed E-state index contributed by atoms with van der Waals surface area (Å²) in [5, 5.41) is 17.8. The van der Waals surface area contributed by atoms with Gasteiger partial charge in [0.15, 0.2) is 0 Å². The number of hydrogen-bond acceptors (Lipinski definition) is 5. The maximum Gasteiger partial charge on any atom is 0.306 e. The Morgan fingerprint density at radius 2 is 1.25 bits per heavy atom. The topological polar surface area (TPSA) is 83.8 Å². The number of carbonyl (C=O) groups excluding carboxylic acids is 2. The fraction of sp³-hybridized carbons (Fsp3) is 0.677. The van der Waals surface area contributed by atoms with Gasteiger partial charge in [-0.05, 0) is 44.9 Å². The second-order valence-corrected chi connectivity index (χ2v) is 9.29. The highest BCUT2D eigenvalue weighted by atomic mass is 16.6. The van der Waals surface area contributed by atoms with E-state index < -0.39 is 12.1 Å². The molecule has 0 saturated heterocycles. The van der Waals surface area contributed by atoms with Crippen molar-refractivity contribution in [1.29, 1.82) is 0 Å². The molecular weight excluding hydrogens is 452 g/mol. The third-order valence-corrected chi connectivity index (χ3v) is 5.89. The highest BCUT2D eigenvalue weighted by Gasteiger charge is 2.12. The van der Waals surface area contributed by atoms with E-state index in [0.29, 0.717) is 18.6 Å². The molecule has 36 heavy (non-hydrogen) atoms. The van der Waals surface area contributed by atoms with Crippen molar-refractivity contribution in [2.24, 2.45) is 5.92 Å². The molecule has 206 valence electrons. The molecule has 0 aliphatic rings. The van der Waals surface area contributed by atoms with Gasteiger partial charge in [-0.15, -0.1) is 0 Å². The molecule has 0 rings (SSSR count). The van der Waals surface area contributed by atoms with Crippen molar-refractivity contribution in [1.82, 2.24) is 0 Å². The standard InChI is InChI=1S/C31H52O5/c1-3-5-7-14-18-22-28(30(34)24-20-15-8-6-4-2)23-19-16-12-10-9-11-13-17-21-25-31(35)36-29(26-32)27-33/h10-13,18-19,22-23,28-29,32-33H,3-9,14-17,20-21,24-27H2,1-2H3/b12-10-,13-11-,22-18-,23-19-. The summed E-state index contributed by atoms with van der Waals surface area (Å²) in [6, 6.07) is 0. The highest BCUT2D eigenvalue weighted by molar-refractivity contribution is 5.84. The van der Waals surface area contributed by atoms with Crippen molar-refractivity contribution in [3.63, 3.8) is 0 Å². The van der Waals surface area contributed by atoms with Crippen LogP contribution in [0, 0.1) is 5.92 Å². The lowest BCUT2D eigenvalue weighted by Crippen LogP contribution is -2.25.